The highest BCUT2D eigenvalue weighted by Crippen LogP contribution is 2.23. The van der Waals surface area contributed by atoms with Crippen LogP contribution in [-0.4, -0.2) is 29.1 Å². The van der Waals surface area contributed by atoms with Crippen LogP contribution in [0.2, 0.25) is 0 Å². The van der Waals surface area contributed by atoms with E-state index in [2.05, 4.69) is 45.7 Å². The second kappa shape index (κ2) is 7.03. The molecule has 5 rings (SSSR count). The molecule has 0 amide bonds. The Morgan fingerprint density at radius 3 is 2.64 bits per heavy atom. The lowest BCUT2D eigenvalue weighted by Gasteiger charge is -2.18. The third-order valence-corrected chi connectivity index (χ3v) is 5.39. The molecule has 0 saturated heterocycles. The molecule has 6 nitrogen and oxygen atoms in total. The molecular formula is C22H22N6. The largest absolute Gasteiger partial charge is 0.323 e. The maximum atomic E-state index is 4.86. The summed E-state index contributed by atoms with van der Waals surface area (Å²) < 4.78 is 4.11. The molecule has 140 valence electrons. The van der Waals surface area contributed by atoms with Gasteiger partial charge < -0.3 is 9.13 Å². The third kappa shape index (κ3) is 3.11. The van der Waals surface area contributed by atoms with Crippen LogP contribution in [0.5, 0.6) is 0 Å². The van der Waals surface area contributed by atoms with E-state index >= 15 is 0 Å². The minimum Gasteiger partial charge on any atom is -0.323 e. The molecule has 3 aromatic heterocycles. The Bertz CT molecular complexity index is 1090. The van der Waals surface area contributed by atoms with Crippen LogP contribution in [0.15, 0.2) is 55.4 Å². The third-order valence-electron chi connectivity index (χ3n) is 5.39. The SMILES string of the molecule is Cc1nc(Cn2ccnc2-c2ccc(-n3ccnc3)cc2)nc2c1CCCC2. The number of aryl methyl sites for hydroxylation is 2. The Labute approximate surface area is 164 Å². The highest BCUT2D eigenvalue weighted by atomic mass is 15.1. The summed E-state index contributed by atoms with van der Waals surface area (Å²) in [6, 6.07) is 8.34. The molecule has 0 aliphatic heterocycles. The van der Waals surface area contributed by atoms with E-state index in [0.717, 1.165) is 41.4 Å². The summed E-state index contributed by atoms with van der Waals surface area (Å²) in [5.74, 6) is 1.79. The van der Waals surface area contributed by atoms with Gasteiger partial charge in [-0.25, -0.2) is 19.9 Å². The van der Waals surface area contributed by atoms with E-state index in [1.54, 1.807) is 12.5 Å². The zero-order chi connectivity index (χ0) is 18.9. The second-order valence-corrected chi connectivity index (χ2v) is 7.25. The van der Waals surface area contributed by atoms with Crippen LogP contribution in [0.25, 0.3) is 17.1 Å². The lowest BCUT2D eigenvalue weighted by atomic mass is 9.95. The maximum Gasteiger partial charge on any atom is 0.148 e. The van der Waals surface area contributed by atoms with E-state index in [1.807, 2.05) is 23.2 Å². The van der Waals surface area contributed by atoms with E-state index < -0.39 is 0 Å². The van der Waals surface area contributed by atoms with Crippen molar-refractivity contribution in [2.24, 2.45) is 0 Å². The van der Waals surface area contributed by atoms with Gasteiger partial charge in [-0.1, -0.05) is 0 Å². The van der Waals surface area contributed by atoms with Crippen LogP contribution >= 0.6 is 0 Å². The summed E-state index contributed by atoms with van der Waals surface area (Å²) in [6.07, 6.45) is 14.0. The van der Waals surface area contributed by atoms with Gasteiger partial charge in [0.25, 0.3) is 0 Å². The van der Waals surface area contributed by atoms with Crippen LogP contribution in [0.1, 0.15) is 35.6 Å². The van der Waals surface area contributed by atoms with Crippen molar-refractivity contribution in [1.29, 1.82) is 0 Å². The topological polar surface area (TPSA) is 61.4 Å². The van der Waals surface area contributed by atoms with Crippen molar-refractivity contribution in [2.75, 3.05) is 0 Å². The van der Waals surface area contributed by atoms with Crippen LogP contribution in [0.3, 0.4) is 0 Å². The molecule has 3 heterocycles. The van der Waals surface area contributed by atoms with E-state index in [9.17, 15) is 0 Å². The number of fused-ring (bicyclic) bond motifs is 1. The summed E-state index contributed by atoms with van der Waals surface area (Å²) >= 11 is 0. The maximum absolute atomic E-state index is 4.86. The summed E-state index contributed by atoms with van der Waals surface area (Å²) in [5, 5.41) is 0. The first kappa shape index (κ1) is 16.9. The molecule has 0 spiro atoms. The number of hydrogen-bond donors (Lipinski definition) is 0. The number of nitrogens with zero attached hydrogens (tertiary/aromatic N) is 6. The predicted octanol–water partition coefficient (Wildman–Crippen LogP) is 3.76. The minimum atomic E-state index is 0.632. The van der Waals surface area contributed by atoms with Gasteiger partial charge in [0.1, 0.15) is 11.6 Å². The summed E-state index contributed by atoms with van der Waals surface area (Å²) in [7, 11) is 0. The fourth-order valence-corrected chi connectivity index (χ4v) is 3.96. The zero-order valence-corrected chi connectivity index (χ0v) is 15.9. The summed E-state index contributed by atoms with van der Waals surface area (Å²) in [5.41, 5.74) is 5.87. The van der Waals surface area contributed by atoms with Crippen LogP contribution in [0.4, 0.5) is 0 Å². The fourth-order valence-electron chi connectivity index (χ4n) is 3.96. The molecule has 6 heteroatoms. The number of aromatic nitrogens is 6. The molecule has 0 saturated carbocycles. The van der Waals surface area contributed by atoms with Gasteiger partial charge in [0.15, 0.2) is 0 Å². The number of imidazole rings is 2. The van der Waals surface area contributed by atoms with E-state index in [0.29, 0.717) is 6.54 Å². The van der Waals surface area contributed by atoms with Crippen molar-refractivity contribution in [3.63, 3.8) is 0 Å². The molecule has 0 bridgehead atoms. The Hall–Kier alpha value is -3.28. The Morgan fingerprint density at radius 1 is 0.964 bits per heavy atom. The minimum absolute atomic E-state index is 0.632. The molecular weight excluding hydrogens is 348 g/mol. The van der Waals surface area contributed by atoms with Crippen molar-refractivity contribution in [3.05, 3.63) is 78.2 Å². The average Bonchev–Trinajstić information content (AvgIpc) is 3.40. The zero-order valence-electron chi connectivity index (χ0n) is 15.9. The first-order chi connectivity index (χ1) is 13.8. The van der Waals surface area contributed by atoms with Gasteiger partial charge in [0.05, 0.1) is 12.9 Å². The van der Waals surface area contributed by atoms with Crippen LogP contribution < -0.4 is 0 Å². The number of hydrogen-bond acceptors (Lipinski definition) is 4. The summed E-state index contributed by atoms with van der Waals surface area (Å²) in [6.45, 7) is 2.74. The second-order valence-electron chi connectivity index (χ2n) is 7.25. The Morgan fingerprint density at radius 2 is 1.82 bits per heavy atom. The fraction of sp³-hybridized carbons (Fsp3) is 0.273. The summed E-state index contributed by atoms with van der Waals surface area (Å²) in [4.78, 5) is 18.3. The van der Waals surface area contributed by atoms with Gasteiger partial charge in [0, 0.05) is 47.4 Å². The number of rotatable bonds is 4. The molecule has 0 unspecified atom stereocenters. The van der Waals surface area contributed by atoms with Crippen molar-refractivity contribution in [2.45, 2.75) is 39.2 Å². The van der Waals surface area contributed by atoms with E-state index in [1.165, 1.54) is 24.1 Å². The van der Waals surface area contributed by atoms with Gasteiger partial charge in [-0.05, 0) is 62.4 Å². The molecule has 4 aromatic rings. The van der Waals surface area contributed by atoms with Crippen molar-refractivity contribution in [3.8, 4) is 17.1 Å². The van der Waals surface area contributed by atoms with Crippen LogP contribution in [-0.2, 0) is 19.4 Å². The molecule has 0 atom stereocenters. The van der Waals surface area contributed by atoms with Crippen molar-refractivity contribution in [1.82, 2.24) is 29.1 Å². The van der Waals surface area contributed by atoms with E-state index in [-0.39, 0.29) is 0 Å². The quantitative estimate of drug-likeness (QED) is 0.549. The molecule has 1 aliphatic carbocycles. The molecule has 0 N–H and O–H groups in total. The lowest BCUT2D eigenvalue weighted by Crippen LogP contribution is -2.14. The lowest BCUT2D eigenvalue weighted by molar-refractivity contribution is 0.637. The van der Waals surface area contributed by atoms with Crippen molar-refractivity contribution < 1.29 is 0 Å². The Balaban J connectivity index is 1.43. The first-order valence-electron chi connectivity index (χ1n) is 9.73. The van der Waals surface area contributed by atoms with Crippen LogP contribution in [0, 0.1) is 6.92 Å². The van der Waals surface area contributed by atoms with Gasteiger partial charge in [-0.2, -0.15) is 0 Å². The normalized spacial score (nSPS) is 13.5. The monoisotopic (exact) mass is 370 g/mol. The first-order valence-corrected chi connectivity index (χ1v) is 9.73. The van der Waals surface area contributed by atoms with Gasteiger partial charge in [-0.15, -0.1) is 0 Å². The molecule has 1 aliphatic rings. The predicted molar refractivity (Wildman–Crippen MR) is 107 cm³/mol. The highest BCUT2D eigenvalue weighted by Gasteiger charge is 2.16. The standard InChI is InChI=1S/C22H22N6/c1-16-19-4-2-3-5-20(19)26-21(25-16)14-27-13-11-24-22(27)17-6-8-18(9-7-17)28-12-10-23-15-28/h6-13,15H,2-5,14H2,1H3. The van der Waals surface area contributed by atoms with Gasteiger partial charge >= 0.3 is 0 Å². The molecule has 0 radical (unpaired) electrons. The number of benzene rings is 1. The van der Waals surface area contributed by atoms with Gasteiger partial charge in [0.2, 0.25) is 0 Å². The average molecular weight is 370 g/mol. The van der Waals surface area contributed by atoms with Gasteiger partial charge in [-0.3, -0.25) is 0 Å². The molecule has 28 heavy (non-hydrogen) atoms. The highest BCUT2D eigenvalue weighted by molar-refractivity contribution is 5.58. The van der Waals surface area contributed by atoms with Crippen molar-refractivity contribution >= 4 is 0 Å². The van der Waals surface area contributed by atoms with E-state index in [4.69, 9.17) is 9.97 Å². The molecule has 0 fully saturated rings. The Kier molecular flexibility index (Phi) is 4.24. The smallest absolute Gasteiger partial charge is 0.148 e. The molecule has 1 aromatic carbocycles.